The molecule has 148 valence electrons. The number of ether oxygens (including phenoxy) is 1. The molecule has 1 heterocycles. The summed E-state index contributed by atoms with van der Waals surface area (Å²) in [7, 11) is 0. The molecule has 0 radical (unpaired) electrons. The first kappa shape index (κ1) is 21.4. The second kappa shape index (κ2) is 9.49. The maximum absolute atomic E-state index is 13.2. The molecule has 1 saturated heterocycles. The minimum atomic E-state index is -0.737. The average molecular weight is 492 g/mol. The lowest BCUT2D eigenvalue weighted by Gasteiger charge is -2.18. The molecule has 3 rings (SSSR count). The first-order valence-corrected chi connectivity index (χ1v) is 10.8. The maximum Gasteiger partial charge on any atom is 0.351 e. The molecule has 8 heteroatoms. The molecule has 0 aromatic heterocycles. The van der Waals surface area contributed by atoms with Crippen LogP contribution in [0.5, 0.6) is 0 Å². The van der Waals surface area contributed by atoms with Crippen LogP contribution in [-0.2, 0) is 20.7 Å². The molecule has 5 nitrogen and oxygen atoms in total. The Kier molecular flexibility index (Phi) is 7.01. The molecule has 0 spiro atoms. The number of halogens is 2. The monoisotopic (exact) mass is 490 g/mol. The van der Waals surface area contributed by atoms with Gasteiger partial charge in [-0.25, -0.2) is 4.79 Å². The Morgan fingerprint density at radius 2 is 1.90 bits per heavy atom. The Balaban J connectivity index is 2.02. The zero-order valence-electron chi connectivity index (χ0n) is 15.4. The third kappa shape index (κ3) is 4.84. The van der Waals surface area contributed by atoms with Crippen LogP contribution in [-0.4, -0.2) is 23.7 Å². The van der Waals surface area contributed by atoms with Crippen LogP contribution in [0.3, 0.4) is 0 Å². The SMILES string of the molecule is CCOC(=O)C(C#N)=C1SC(Cc2ccc(Cl)cc2)C(=O)N1c1ccc(Br)cc1. The van der Waals surface area contributed by atoms with E-state index in [4.69, 9.17) is 16.3 Å². The summed E-state index contributed by atoms with van der Waals surface area (Å²) in [5.41, 5.74) is 1.34. The molecule has 1 unspecified atom stereocenters. The third-order valence-electron chi connectivity index (χ3n) is 4.18. The zero-order chi connectivity index (χ0) is 21.0. The van der Waals surface area contributed by atoms with Crippen molar-refractivity contribution in [3.05, 3.63) is 74.2 Å². The Morgan fingerprint density at radius 3 is 2.48 bits per heavy atom. The van der Waals surface area contributed by atoms with Gasteiger partial charge in [0.2, 0.25) is 5.91 Å². The number of esters is 1. The predicted molar refractivity (Wildman–Crippen MR) is 117 cm³/mol. The lowest BCUT2D eigenvalue weighted by molar-refractivity contribution is -0.138. The third-order valence-corrected chi connectivity index (χ3v) is 6.22. The van der Waals surface area contributed by atoms with E-state index >= 15 is 0 Å². The van der Waals surface area contributed by atoms with Gasteiger partial charge in [0.15, 0.2) is 5.57 Å². The van der Waals surface area contributed by atoms with Crippen LogP contribution in [0.15, 0.2) is 63.6 Å². The highest BCUT2D eigenvalue weighted by Gasteiger charge is 2.41. The fraction of sp³-hybridized carbons (Fsp3) is 0.190. The molecule has 2 aromatic carbocycles. The van der Waals surface area contributed by atoms with Gasteiger partial charge in [-0.3, -0.25) is 9.69 Å². The molecule has 1 aliphatic rings. The predicted octanol–water partition coefficient (Wildman–Crippen LogP) is 5.09. The van der Waals surface area contributed by atoms with Crippen LogP contribution < -0.4 is 4.90 Å². The molecule has 0 bridgehead atoms. The molecular formula is C21H16BrClN2O3S. The molecule has 29 heavy (non-hydrogen) atoms. The normalized spacial score (nSPS) is 17.8. The van der Waals surface area contributed by atoms with Crippen molar-refractivity contribution in [1.82, 2.24) is 0 Å². The minimum absolute atomic E-state index is 0.141. The molecule has 1 atom stereocenters. The van der Waals surface area contributed by atoms with Gasteiger partial charge in [-0.1, -0.05) is 51.4 Å². The van der Waals surface area contributed by atoms with E-state index in [1.165, 1.54) is 16.7 Å². The minimum Gasteiger partial charge on any atom is -0.462 e. The largest absolute Gasteiger partial charge is 0.462 e. The van der Waals surface area contributed by atoms with Gasteiger partial charge >= 0.3 is 5.97 Å². The van der Waals surface area contributed by atoms with Gasteiger partial charge in [0.05, 0.1) is 11.9 Å². The summed E-state index contributed by atoms with van der Waals surface area (Å²) in [6.45, 7) is 1.81. The number of carbonyl (C=O) groups is 2. The van der Waals surface area contributed by atoms with E-state index in [1.807, 2.05) is 18.2 Å². The van der Waals surface area contributed by atoms with Crippen LogP contribution in [0, 0.1) is 11.3 Å². The maximum atomic E-state index is 13.2. The number of amides is 1. The quantitative estimate of drug-likeness (QED) is 0.331. The van der Waals surface area contributed by atoms with Crippen molar-refractivity contribution in [2.75, 3.05) is 11.5 Å². The van der Waals surface area contributed by atoms with Crippen molar-refractivity contribution >= 4 is 56.9 Å². The number of rotatable bonds is 5. The van der Waals surface area contributed by atoms with Gasteiger partial charge in [0, 0.05) is 15.2 Å². The molecule has 1 aliphatic heterocycles. The molecule has 0 aliphatic carbocycles. The van der Waals surface area contributed by atoms with Crippen LogP contribution in [0.1, 0.15) is 12.5 Å². The summed E-state index contributed by atoms with van der Waals surface area (Å²) >= 11 is 10.5. The van der Waals surface area contributed by atoms with Crippen molar-refractivity contribution < 1.29 is 14.3 Å². The Labute approximate surface area is 186 Å². The van der Waals surface area contributed by atoms with E-state index in [-0.39, 0.29) is 23.1 Å². The number of carbonyl (C=O) groups excluding carboxylic acids is 2. The summed E-state index contributed by atoms with van der Waals surface area (Å²) < 4.78 is 5.88. The Hall–Kier alpha value is -2.27. The molecule has 1 fully saturated rings. The number of nitrogens with zero attached hydrogens (tertiary/aromatic N) is 2. The van der Waals surface area contributed by atoms with Crippen LogP contribution in [0.2, 0.25) is 5.02 Å². The van der Waals surface area contributed by atoms with Crippen LogP contribution in [0.4, 0.5) is 5.69 Å². The number of benzene rings is 2. The standard InChI is InChI=1S/C21H16BrClN2O3S/c1-2-28-21(27)17(12-24)20-25(16-9-5-14(22)6-10-16)19(26)18(29-20)11-13-3-7-15(23)8-4-13/h3-10,18H,2,11H2,1H3. The lowest BCUT2D eigenvalue weighted by Crippen LogP contribution is -2.30. The number of hydrogen-bond acceptors (Lipinski definition) is 5. The molecule has 1 amide bonds. The number of nitriles is 1. The van der Waals surface area contributed by atoms with Crippen LogP contribution >= 0.6 is 39.3 Å². The highest BCUT2D eigenvalue weighted by molar-refractivity contribution is 9.10. The summed E-state index contributed by atoms with van der Waals surface area (Å²) in [4.78, 5) is 27.0. The summed E-state index contributed by atoms with van der Waals surface area (Å²) in [6.07, 6.45) is 0.443. The van der Waals surface area contributed by atoms with E-state index < -0.39 is 11.2 Å². The summed E-state index contributed by atoms with van der Waals surface area (Å²) in [5.74, 6) is -0.932. The molecular weight excluding hydrogens is 476 g/mol. The van der Waals surface area contributed by atoms with Crippen molar-refractivity contribution in [3.63, 3.8) is 0 Å². The second-order valence-corrected chi connectivity index (χ2v) is 8.64. The Bertz CT molecular complexity index is 1000. The van der Waals surface area contributed by atoms with E-state index in [0.717, 1.165) is 10.0 Å². The van der Waals surface area contributed by atoms with Gasteiger partial charge in [0.1, 0.15) is 11.1 Å². The van der Waals surface area contributed by atoms with Gasteiger partial charge in [0.25, 0.3) is 0 Å². The first-order chi connectivity index (χ1) is 13.9. The molecule has 2 aromatic rings. The fourth-order valence-electron chi connectivity index (χ4n) is 2.83. The van der Waals surface area contributed by atoms with Gasteiger partial charge < -0.3 is 4.74 Å². The second-order valence-electron chi connectivity index (χ2n) is 6.10. The van der Waals surface area contributed by atoms with E-state index in [9.17, 15) is 14.9 Å². The summed E-state index contributed by atoms with van der Waals surface area (Å²) in [5, 5.41) is 10.0. The van der Waals surface area contributed by atoms with E-state index in [2.05, 4.69) is 15.9 Å². The smallest absolute Gasteiger partial charge is 0.351 e. The molecule has 0 N–H and O–H groups in total. The highest BCUT2D eigenvalue weighted by atomic mass is 79.9. The van der Waals surface area contributed by atoms with Gasteiger partial charge in [-0.05, 0) is 55.3 Å². The average Bonchev–Trinajstić information content (AvgIpc) is 3.01. The van der Waals surface area contributed by atoms with Gasteiger partial charge in [-0.15, -0.1) is 0 Å². The number of hydrogen-bond donors (Lipinski definition) is 0. The van der Waals surface area contributed by atoms with E-state index in [1.54, 1.807) is 43.3 Å². The zero-order valence-corrected chi connectivity index (χ0v) is 18.6. The van der Waals surface area contributed by atoms with Gasteiger partial charge in [-0.2, -0.15) is 5.26 Å². The fourth-order valence-corrected chi connectivity index (χ4v) is 4.52. The number of thioether (sulfide) groups is 1. The van der Waals surface area contributed by atoms with E-state index in [0.29, 0.717) is 17.1 Å². The number of anilines is 1. The van der Waals surface area contributed by atoms with Crippen LogP contribution in [0.25, 0.3) is 0 Å². The van der Waals surface area contributed by atoms with Crippen molar-refractivity contribution in [2.45, 2.75) is 18.6 Å². The lowest BCUT2D eigenvalue weighted by atomic mass is 10.1. The van der Waals surface area contributed by atoms with Crippen molar-refractivity contribution in [2.24, 2.45) is 0 Å². The van der Waals surface area contributed by atoms with Crippen molar-refractivity contribution in [1.29, 1.82) is 5.26 Å². The highest BCUT2D eigenvalue weighted by Crippen LogP contribution is 2.42. The molecule has 0 saturated carbocycles. The topological polar surface area (TPSA) is 70.4 Å². The first-order valence-electron chi connectivity index (χ1n) is 8.76. The summed E-state index contributed by atoms with van der Waals surface area (Å²) in [6, 6.07) is 16.3. The van der Waals surface area contributed by atoms with Crippen molar-refractivity contribution in [3.8, 4) is 6.07 Å². The Morgan fingerprint density at radius 1 is 1.24 bits per heavy atom.